The predicted molar refractivity (Wildman–Crippen MR) is 116 cm³/mol. The highest BCUT2D eigenvalue weighted by Crippen LogP contribution is 2.36. The SMILES string of the molecule is COc1ccc(-c2nnn[nH]2)cc1CNC1CCC(NCC(N)=O)C1c1ccc(F)cc1. The van der Waals surface area contributed by atoms with Gasteiger partial charge in [-0.25, -0.2) is 9.49 Å². The van der Waals surface area contributed by atoms with E-state index in [2.05, 4.69) is 31.3 Å². The molecule has 4 rings (SSSR count). The van der Waals surface area contributed by atoms with Crippen molar-refractivity contribution in [3.05, 3.63) is 59.4 Å². The summed E-state index contributed by atoms with van der Waals surface area (Å²) in [4.78, 5) is 11.3. The van der Waals surface area contributed by atoms with Crippen LogP contribution in [-0.4, -0.2) is 52.3 Å². The Labute approximate surface area is 184 Å². The van der Waals surface area contributed by atoms with Crippen LogP contribution in [0.5, 0.6) is 5.75 Å². The third kappa shape index (κ3) is 4.92. The number of halogens is 1. The van der Waals surface area contributed by atoms with Gasteiger partial charge in [0, 0.05) is 35.7 Å². The fourth-order valence-electron chi connectivity index (χ4n) is 4.42. The van der Waals surface area contributed by atoms with Gasteiger partial charge in [0.2, 0.25) is 5.91 Å². The van der Waals surface area contributed by atoms with Gasteiger partial charge in [-0.15, -0.1) is 5.10 Å². The lowest BCUT2D eigenvalue weighted by Crippen LogP contribution is -2.42. The van der Waals surface area contributed by atoms with E-state index in [-0.39, 0.29) is 30.4 Å². The Balaban J connectivity index is 1.54. The Morgan fingerprint density at radius 3 is 2.59 bits per heavy atom. The molecule has 3 aromatic rings. The molecule has 1 aliphatic rings. The van der Waals surface area contributed by atoms with Crippen LogP contribution in [0.1, 0.15) is 29.9 Å². The molecular formula is C22H26FN7O2. The van der Waals surface area contributed by atoms with Crippen molar-refractivity contribution in [3.8, 4) is 17.1 Å². The maximum atomic E-state index is 13.5. The topological polar surface area (TPSA) is 131 Å². The summed E-state index contributed by atoms with van der Waals surface area (Å²) in [5, 5.41) is 20.9. The van der Waals surface area contributed by atoms with Gasteiger partial charge in [-0.05, 0) is 59.2 Å². The lowest BCUT2D eigenvalue weighted by Gasteiger charge is -2.27. The lowest BCUT2D eigenvalue weighted by molar-refractivity contribution is -0.117. The van der Waals surface area contributed by atoms with Crippen molar-refractivity contribution < 1.29 is 13.9 Å². The highest BCUT2D eigenvalue weighted by atomic mass is 19.1. The van der Waals surface area contributed by atoms with Crippen molar-refractivity contribution >= 4 is 5.91 Å². The Hall–Kier alpha value is -3.37. The van der Waals surface area contributed by atoms with Gasteiger partial charge in [0.15, 0.2) is 5.82 Å². The number of carbonyl (C=O) groups excluding carboxylic acids is 1. The third-order valence-corrected chi connectivity index (χ3v) is 5.90. The predicted octanol–water partition coefficient (Wildman–Crippen LogP) is 1.49. The summed E-state index contributed by atoms with van der Waals surface area (Å²) >= 11 is 0. The molecule has 0 saturated heterocycles. The maximum Gasteiger partial charge on any atom is 0.231 e. The molecule has 5 N–H and O–H groups in total. The first-order chi connectivity index (χ1) is 15.5. The van der Waals surface area contributed by atoms with Crippen molar-refractivity contribution in [1.82, 2.24) is 31.3 Å². The molecule has 0 spiro atoms. The van der Waals surface area contributed by atoms with Gasteiger partial charge in [0.1, 0.15) is 11.6 Å². The normalized spacial score (nSPS) is 20.4. The zero-order valence-corrected chi connectivity index (χ0v) is 17.7. The maximum absolute atomic E-state index is 13.5. The first-order valence-corrected chi connectivity index (χ1v) is 10.5. The number of benzene rings is 2. The van der Waals surface area contributed by atoms with Crippen LogP contribution in [0.2, 0.25) is 0 Å². The number of methoxy groups -OCH3 is 1. The van der Waals surface area contributed by atoms with Gasteiger partial charge in [0.05, 0.1) is 13.7 Å². The van der Waals surface area contributed by atoms with Crippen LogP contribution in [0.15, 0.2) is 42.5 Å². The van der Waals surface area contributed by atoms with Crippen molar-refractivity contribution in [3.63, 3.8) is 0 Å². The summed E-state index contributed by atoms with van der Waals surface area (Å²) < 4.78 is 19.0. The standard InChI is InChI=1S/C22H26FN7O2/c1-32-19-9-4-14(22-27-29-30-28-22)10-15(19)11-25-17-7-8-18(26-12-20(24)31)21(17)13-2-5-16(23)6-3-13/h2-6,9-10,17-18,21,25-26H,7-8,11-12H2,1H3,(H2,24,31)(H,27,28,29,30). The van der Waals surface area contributed by atoms with E-state index in [9.17, 15) is 9.18 Å². The van der Waals surface area contributed by atoms with E-state index in [1.54, 1.807) is 19.2 Å². The van der Waals surface area contributed by atoms with Gasteiger partial charge in [-0.3, -0.25) is 4.79 Å². The number of amides is 1. The molecule has 3 atom stereocenters. The lowest BCUT2D eigenvalue weighted by atomic mass is 9.90. The summed E-state index contributed by atoms with van der Waals surface area (Å²) in [5.74, 6) is 0.717. The van der Waals surface area contributed by atoms with E-state index in [1.807, 2.05) is 18.2 Å². The number of H-pyrrole nitrogens is 1. The van der Waals surface area contributed by atoms with Crippen LogP contribution in [0.4, 0.5) is 4.39 Å². The number of tetrazole rings is 1. The van der Waals surface area contributed by atoms with Crippen molar-refractivity contribution in [2.24, 2.45) is 5.73 Å². The van der Waals surface area contributed by atoms with E-state index in [1.165, 1.54) is 12.1 Å². The summed E-state index contributed by atoms with van der Waals surface area (Å²) in [6.45, 7) is 0.666. The van der Waals surface area contributed by atoms with Gasteiger partial charge in [-0.1, -0.05) is 12.1 Å². The molecule has 1 aliphatic carbocycles. The average molecular weight is 439 g/mol. The van der Waals surface area contributed by atoms with E-state index < -0.39 is 5.91 Å². The van der Waals surface area contributed by atoms with Crippen LogP contribution < -0.4 is 21.1 Å². The number of nitrogens with two attached hydrogens (primary N) is 1. The zero-order chi connectivity index (χ0) is 22.5. The number of carbonyl (C=O) groups is 1. The fourth-order valence-corrected chi connectivity index (χ4v) is 4.42. The molecule has 3 unspecified atom stereocenters. The minimum atomic E-state index is -0.400. The van der Waals surface area contributed by atoms with E-state index in [0.29, 0.717) is 12.4 Å². The molecule has 168 valence electrons. The summed E-state index contributed by atoms with van der Waals surface area (Å²) in [7, 11) is 1.63. The molecule has 0 radical (unpaired) electrons. The van der Waals surface area contributed by atoms with E-state index >= 15 is 0 Å². The smallest absolute Gasteiger partial charge is 0.231 e. The number of hydrogen-bond acceptors (Lipinski definition) is 7. The number of aromatic amines is 1. The Morgan fingerprint density at radius 2 is 1.94 bits per heavy atom. The summed E-state index contributed by atoms with van der Waals surface area (Å²) in [5.41, 5.74) is 8.17. The molecule has 0 bridgehead atoms. The second-order valence-electron chi connectivity index (χ2n) is 7.87. The van der Waals surface area contributed by atoms with E-state index in [0.717, 1.165) is 35.3 Å². The number of nitrogens with zero attached hydrogens (tertiary/aromatic N) is 3. The number of aromatic nitrogens is 4. The highest BCUT2D eigenvalue weighted by molar-refractivity contribution is 5.75. The fraction of sp³-hybridized carbons (Fsp3) is 0.364. The van der Waals surface area contributed by atoms with Gasteiger partial charge in [-0.2, -0.15) is 0 Å². The minimum Gasteiger partial charge on any atom is -0.496 e. The second-order valence-corrected chi connectivity index (χ2v) is 7.87. The molecule has 0 aliphatic heterocycles. The van der Waals surface area contributed by atoms with Crippen molar-refractivity contribution in [1.29, 1.82) is 0 Å². The molecular weight excluding hydrogens is 413 g/mol. The molecule has 1 aromatic heterocycles. The Kier molecular flexibility index (Phi) is 6.72. The molecule has 1 saturated carbocycles. The van der Waals surface area contributed by atoms with Gasteiger partial charge in [0.25, 0.3) is 0 Å². The van der Waals surface area contributed by atoms with Gasteiger partial charge >= 0.3 is 0 Å². The molecule has 1 amide bonds. The highest BCUT2D eigenvalue weighted by Gasteiger charge is 2.37. The van der Waals surface area contributed by atoms with Crippen LogP contribution in [0.3, 0.4) is 0 Å². The number of rotatable bonds is 9. The average Bonchev–Trinajstić information content (AvgIpc) is 3.47. The number of ether oxygens (including phenoxy) is 1. The molecule has 10 heteroatoms. The van der Waals surface area contributed by atoms with Gasteiger partial charge < -0.3 is 21.1 Å². The molecule has 32 heavy (non-hydrogen) atoms. The summed E-state index contributed by atoms with van der Waals surface area (Å²) in [6.07, 6.45) is 1.76. The molecule has 2 aromatic carbocycles. The first kappa shape index (κ1) is 21.8. The van der Waals surface area contributed by atoms with Crippen LogP contribution >= 0.6 is 0 Å². The Morgan fingerprint density at radius 1 is 1.19 bits per heavy atom. The number of nitrogens with one attached hydrogen (secondary N) is 3. The summed E-state index contributed by atoms with van der Waals surface area (Å²) in [6, 6.07) is 12.5. The largest absolute Gasteiger partial charge is 0.496 e. The number of hydrogen-bond donors (Lipinski definition) is 4. The quantitative estimate of drug-likeness (QED) is 0.397. The molecule has 1 heterocycles. The van der Waals surface area contributed by atoms with Crippen LogP contribution in [0.25, 0.3) is 11.4 Å². The van der Waals surface area contributed by atoms with Crippen LogP contribution in [-0.2, 0) is 11.3 Å². The van der Waals surface area contributed by atoms with Crippen molar-refractivity contribution in [2.45, 2.75) is 37.4 Å². The van der Waals surface area contributed by atoms with E-state index in [4.69, 9.17) is 10.5 Å². The Bertz CT molecular complexity index is 1040. The first-order valence-electron chi connectivity index (χ1n) is 10.5. The second kappa shape index (κ2) is 9.84. The molecule has 9 nitrogen and oxygen atoms in total. The minimum absolute atomic E-state index is 0.0546. The monoisotopic (exact) mass is 439 g/mol. The number of primary amides is 1. The zero-order valence-electron chi connectivity index (χ0n) is 17.7. The van der Waals surface area contributed by atoms with Crippen LogP contribution in [0, 0.1) is 5.82 Å². The molecule has 1 fully saturated rings. The third-order valence-electron chi connectivity index (χ3n) is 5.90. The van der Waals surface area contributed by atoms with Crippen molar-refractivity contribution in [2.75, 3.05) is 13.7 Å².